The third-order valence-corrected chi connectivity index (χ3v) is 4.56. The summed E-state index contributed by atoms with van der Waals surface area (Å²) in [5.74, 6) is -0.873. The van der Waals surface area contributed by atoms with E-state index in [0.29, 0.717) is 11.4 Å². The molecule has 2 N–H and O–H groups in total. The zero-order chi connectivity index (χ0) is 21.5. The number of hydrogen-bond acceptors (Lipinski definition) is 5. The maximum Gasteiger partial charge on any atom is 0.310 e. The quantitative estimate of drug-likeness (QED) is 0.318. The topological polar surface area (TPSA) is 95.9 Å². The molecule has 0 radical (unpaired) electrons. The van der Waals surface area contributed by atoms with Crippen molar-refractivity contribution in [3.05, 3.63) is 90.6 Å². The number of aromatic nitrogens is 1. The predicted molar refractivity (Wildman–Crippen MR) is 119 cm³/mol. The van der Waals surface area contributed by atoms with Gasteiger partial charge in [0.2, 0.25) is 0 Å². The summed E-state index contributed by atoms with van der Waals surface area (Å²) < 4.78 is 5.11. The number of H-pyrrole nitrogens is 1. The molecule has 0 fully saturated rings. The number of ether oxygens (including phenoxy) is 1. The molecule has 0 saturated heterocycles. The summed E-state index contributed by atoms with van der Waals surface area (Å²) in [6.45, 7) is -0.351. The van der Waals surface area contributed by atoms with Crippen LogP contribution in [-0.2, 0) is 20.7 Å². The lowest BCUT2D eigenvalue weighted by Gasteiger charge is -2.07. The first-order valence-corrected chi connectivity index (χ1v) is 9.75. The molecule has 4 rings (SSSR count). The second-order valence-electron chi connectivity index (χ2n) is 6.83. The second-order valence-corrected chi connectivity index (χ2v) is 6.83. The van der Waals surface area contributed by atoms with Crippen LogP contribution in [0.15, 0.2) is 95.3 Å². The van der Waals surface area contributed by atoms with Crippen LogP contribution in [0.1, 0.15) is 5.56 Å². The number of anilines is 1. The summed E-state index contributed by atoms with van der Waals surface area (Å²) in [4.78, 5) is 27.3. The largest absolute Gasteiger partial charge is 0.455 e. The number of nitrogens with one attached hydrogen (secondary N) is 2. The molecular formula is C24H20N4O3. The molecule has 4 aromatic rings. The molecule has 0 spiro atoms. The first kappa shape index (κ1) is 20.0. The van der Waals surface area contributed by atoms with E-state index < -0.39 is 11.9 Å². The van der Waals surface area contributed by atoms with Gasteiger partial charge in [-0.3, -0.25) is 9.59 Å². The molecule has 0 atom stereocenters. The Balaban J connectivity index is 1.25. The van der Waals surface area contributed by atoms with Crippen molar-refractivity contribution in [2.24, 2.45) is 10.2 Å². The van der Waals surface area contributed by atoms with Gasteiger partial charge in [0.1, 0.15) is 0 Å². The zero-order valence-electron chi connectivity index (χ0n) is 16.6. The summed E-state index contributed by atoms with van der Waals surface area (Å²) in [6, 6.07) is 24.0. The number of azo groups is 1. The van der Waals surface area contributed by atoms with Crippen LogP contribution in [0, 0.1) is 0 Å². The van der Waals surface area contributed by atoms with Crippen molar-refractivity contribution in [3.8, 4) is 0 Å². The number of para-hydroxylation sites is 1. The van der Waals surface area contributed by atoms with Crippen molar-refractivity contribution in [3.63, 3.8) is 0 Å². The van der Waals surface area contributed by atoms with Crippen LogP contribution in [0.25, 0.3) is 10.9 Å². The van der Waals surface area contributed by atoms with Gasteiger partial charge < -0.3 is 15.0 Å². The Morgan fingerprint density at radius 3 is 2.29 bits per heavy atom. The fourth-order valence-electron chi connectivity index (χ4n) is 3.05. The summed E-state index contributed by atoms with van der Waals surface area (Å²) >= 11 is 0. The Morgan fingerprint density at radius 2 is 1.52 bits per heavy atom. The molecule has 0 aliphatic heterocycles. The van der Waals surface area contributed by atoms with Crippen molar-refractivity contribution >= 4 is 39.8 Å². The minimum absolute atomic E-state index is 0.0956. The highest BCUT2D eigenvalue weighted by atomic mass is 16.5. The molecule has 3 aromatic carbocycles. The molecule has 0 aliphatic carbocycles. The van der Waals surface area contributed by atoms with Crippen LogP contribution >= 0.6 is 0 Å². The molecular weight excluding hydrogens is 392 g/mol. The average Bonchev–Trinajstić information content (AvgIpc) is 3.21. The molecule has 0 aliphatic rings. The molecule has 154 valence electrons. The molecule has 31 heavy (non-hydrogen) atoms. The smallest absolute Gasteiger partial charge is 0.310 e. The van der Waals surface area contributed by atoms with Gasteiger partial charge in [0.15, 0.2) is 6.61 Å². The number of carbonyl (C=O) groups is 2. The van der Waals surface area contributed by atoms with Gasteiger partial charge in [0.05, 0.1) is 17.8 Å². The standard InChI is InChI=1S/C24H20N4O3/c29-23(16-31-24(30)14-17-15-25-22-9-5-4-8-21(17)22)26-18-10-12-20(13-11-18)28-27-19-6-2-1-3-7-19/h1-13,15,25H,14,16H2,(H,26,29). The Bertz CT molecular complexity index is 1210. The van der Waals surface area contributed by atoms with Crippen LogP contribution in [0.3, 0.4) is 0 Å². The summed E-state index contributed by atoms with van der Waals surface area (Å²) in [7, 11) is 0. The zero-order valence-corrected chi connectivity index (χ0v) is 16.6. The molecule has 7 heteroatoms. The molecule has 0 saturated carbocycles. The average molecular weight is 412 g/mol. The normalized spacial score (nSPS) is 11.0. The van der Waals surface area contributed by atoms with Crippen LogP contribution in [0.4, 0.5) is 17.1 Å². The molecule has 1 heterocycles. The first-order valence-electron chi connectivity index (χ1n) is 9.75. The Kier molecular flexibility index (Phi) is 6.13. The van der Waals surface area contributed by atoms with Gasteiger partial charge in [-0.25, -0.2) is 0 Å². The third kappa shape index (κ3) is 5.42. The van der Waals surface area contributed by atoms with Crippen LogP contribution in [-0.4, -0.2) is 23.5 Å². The van der Waals surface area contributed by atoms with Crippen molar-refractivity contribution in [1.82, 2.24) is 4.98 Å². The molecule has 7 nitrogen and oxygen atoms in total. The van der Waals surface area contributed by atoms with E-state index in [1.54, 1.807) is 30.5 Å². The minimum Gasteiger partial charge on any atom is -0.455 e. The van der Waals surface area contributed by atoms with E-state index in [-0.39, 0.29) is 13.0 Å². The summed E-state index contributed by atoms with van der Waals surface area (Å²) in [5.41, 5.74) is 3.79. The number of aromatic amines is 1. The van der Waals surface area contributed by atoms with E-state index in [4.69, 9.17) is 4.74 Å². The number of hydrogen-bond donors (Lipinski definition) is 2. The van der Waals surface area contributed by atoms with E-state index in [2.05, 4.69) is 20.5 Å². The number of carbonyl (C=O) groups excluding carboxylic acids is 2. The van der Waals surface area contributed by atoms with Crippen molar-refractivity contribution in [2.45, 2.75) is 6.42 Å². The lowest BCUT2D eigenvalue weighted by molar-refractivity contribution is -0.146. The van der Waals surface area contributed by atoms with Crippen LogP contribution in [0.5, 0.6) is 0 Å². The fourth-order valence-corrected chi connectivity index (χ4v) is 3.05. The van der Waals surface area contributed by atoms with Gasteiger partial charge in [-0.1, -0.05) is 36.4 Å². The fraction of sp³-hybridized carbons (Fsp3) is 0.0833. The van der Waals surface area contributed by atoms with Gasteiger partial charge >= 0.3 is 5.97 Å². The van der Waals surface area contributed by atoms with Crippen molar-refractivity contribution < 1.29 is 14.3 Å². The van der Waals surface area contributed by atoms with Gasteiger partial charge in [-0.2, -0.15) is 10.2 Å². The predicted octanol–water partition coefficient (Wildman–Crippen LogP) is 5.31. The first-order chi connectivity index (χ1) is 15.2. The second kappa shape index (κ2) is 9.49. The highest BCUT2D eigenvalue weighted by Crippen LogP contribution is 2.20. The third-order valence-electron chi connectivity index (χ3n) is 4.56. The Morgan fingerprint density at radius 1 is 0.839 bits per heavy atom. The lowest BCUT2D eigenvalue weighted by atomic mass is 10.1. The van der Waals surface area contributed by atoms with Crippen molar-refractivity contribution in [1.29, 1.82) is 0 Å². The number of nitrogens with zero attached hydrogens (tertiary/aromatic N) is 2. The van der Waals surface area contributed by atoms with E-state index >= 15 is 0 Å². The SMILES string of the molecule is O=C(COC(=O)Cc1c[nH]c2ccccc12)Nc1ccc(N=Nc2ccccc2)cc1. The molecule has 1 aromatic heterocycles. The highest BCUT2D eigenvalue weighted by Gasteiger charge is 2.12. The van der Waals surface area contributed by atoms with Gasteiger partial charge in [-0.15, -0.1) is 0 Å². The number of amides is 1. The van der Waals surface area contributed by atoms with Crippen LogP contribution in [0.2, 0.25) is 0 Å². The molecule has 0 bridgehead atoms. The number of fused-ring (bicyclic) bond motifs is 1. The summed E-state index contributed by atoms with van der Waals surface area (Å²) in [6.07, 6.45) is 1.88. The van der Waals surface area contributed by atoms with E-state index in [1.165, 1.54) is 0 Å². The van der Waals surface area contributed by atoms with Crippen LogP contribution < -0.4 is 5.32 Å². The van der Waals surface area contributed by atoms with Gasteiger partial charge in [-0.05, 0) is 48.0 Å². The lowest BCUT2D eigenvalue weighted by Crippen LogP contribution is -2.21. The molecule has 1 amide bonds. The number of rotatable bonds is 7. The monoisotopic (exact) mass is 412 g/mol. The highest BCUT2D eigenvalue weighted by molar-refractivity contribution is 5.93. The minimum atomic E-state index is -0.462. The number of esters is 1. The molecule has 0 unspecified atom stereocenters. The van der Waals surface area contributed by atoms with Gasteiger partial charge in [0, 0.05) is 22.8 Å². The van der Waals surface area contributed by atoms with E-state index in [9.17, 15) is 9.59 Å². The maximum atomic E-state index is 12.1. The number of benzene rings is 3. The van der Waals surface area contributed by atoms with E-state index in [0.717, 1.165) is 22.2 Å². The summed E-state index contributed by atoms with van der Waals surface area (Å²) in [5, 5.41) is 12.0. The Labute approximate surface area is 178 Å². The van der Waals surface area contributed by atoms with Gasteiger partial charge in [0.25, 0.3) is 5.91 Å². The maximum absolute atomic E-state index is 12.1. The van der Waals surface area contributed by atoms with E-state index in [1.807, 2.05) is 54.6 Å². The van der Waals surface area contributed by atoms with Crippen molar-refractivity contribution in [2.75, 3.05) is 11.9 Å². The Hall–Kier alpha value is -4.26.